The first kappa shape index (κ1) is 20.1. The van der Waals surface area contributed by atoms with Crippen LogP contribution in [0.25, 0.3) is 0 Å². The molecule has 0 N–H and O–H groups in total. The summed E-state index contributed by atoms with van der Waals surface area (Å²) in [4.78, 5) is 0. The van der Waals surface area contributed by atoms with Gasteiger partial charge in [0.2, 0.25) is 0 Å². The van der Waals surface area contributed by atoms with Gasteiger partial charge in [0.15, 0.2) is 0 Å². The summed E-state index contributed by atoms with van der Waals surface area (Å²) in [5.41, 5.74) is 2.86. The third-order valence-corrected chi connectivity index (χ3v) is 2.28. The molecular formula is C16H25SiZr. The minimum Gasteiger partial charge on any atom is -0.213 e. The third kappa shape index (κ3) is 10.9. The largest absolute Gasteiger partial charge is 2.00 e. The summed E-state index contributed by atoms with van der Waals surface area (Å²) < 4.78 is 0. The monoisotopic (exact) mass is 335 g/mol. The quantitative estimate of drug-likeness (QED) is 0.561. The van der Waals surface area contributed by atoms with Crippen molar-refractivity contribution in [3.8, 4) is 0 Å². The minimum atomic E-state index is 0. The second-order valence-electron chi connectivity index (χ2n) is 3.87. The smallest absolute Gasteiger partial charge is 0.213 e. The molecule has 0 aliphatic rings. The van der Waals surface area contributed by atoms with Crippen LogP contribution in [-0.4, -0.2) is 9.52 Å². The van der Waals surface area contributed by atoms with Crippen molar-refractivity contribution in [3.05, 3.63) is 59.7 Å². The van der Waals surface area contributed by atoms with Gasteiger partial charge >= 0.3 is 26.2 Å². The zero-order chi connectivity index (χ0) is 12.9. The number of hydrogen-bond acceptors (Lipinski definition) is 0. The van der Waals surface area contributed by atoms with Crippen LogP contribution in [0.5, 0.6) is 0 Å². The van der Waals surface area contributed by atoms with Crippen molar-refractivity contribution in [2.45, 2.75) is 39.8 Å². The van der Waals surface area contributed by atoms with Gasteiger partial charge in [-0.05, 0) is 0 Å². The number of aryl methyl sites for hydroxylation is 2. The summed E-state index contributed by atoms with van der Waals surface area (Å²) in [5.74, 6) is 0. The zero-order valence-electron chi connectivity index (χ0n) is 12.1. The summed E-state index contributed by atoms with van der Waals surface area (Å²) in [5, 5.41) is 0. The fourth-order valence-corrected chi connectivity index (χ4v) is 1.30. The number of hydrogen-bond donors (Lipinski definition) is 0. The van der Waals surface area contributed by atoms with Crippen molar-refractivity contribution in [3.63, 3.8) is 0 Å². The minimum absolute atomic E-state index is 0. The Labute approximate surface area is 134 Å². The summed E-state index contributed by atoms with van der Waals surface area (Å²) in [6.07, 6.45) is 2.32. The Morgan fingerprint density at radius 2 is 0.944 bits per heavy atom. The predicted octanol–water partition coefficient (Wildman–Crippen LogP) is 4.45. The van der Waals surface area contributed by atoms with E-state index in [1.165, 1.54) is 11.1 Å². The van der Waals surface area contributed by atoms with Crippen LogP contribution in [0.15, 0.2) is 48.5 Å². The van der Waals surface area contributed by atoms with Crippen molar-refractivity contribution in [2.75, 3.05) is 0 Å². The third-order valence-electron chi connectivity index (χ3n) is 2.28. The van der Waals surface area contributed by atoms with E-state index in [1.54, 1.807) is 0 Å². The summed E-state index contributed by atoms with van der Waals surface area (Å²) in [6, 6.07) is 16.8. The fraction of sp³-hybridized carbons (Fsp3) is 0.375. The van der Waals surface area contributed by atoms with E-state index in [9.17, 15) is 0 Å². The Kier molecular flexibility index (Phi) is 16.6. The molecule has 0 saturated heterocycles. The first-order valence-corrected chi connectivity index (χ1v) is 8.74. The fourth-order valence-electron chi connectivity index (χ4n) is 1.30. The molecule has 0 aliphatic carbocycles. The summed E-state index contributed by atoms with van der Waals surface area (Å²) in [6.45, 7) is 8.74. The Balaban J connectivity index is 0. The molecule has 2 aromatic rings. The van der Waals surface area contributed by atoms with Crippen molar-refractivity contribution in [1.29, 1.82) is 0 Å². The maximum absolute atomic E-state index is 2.21. The Morgan fingerprint density at radius 1 is 0.722 bits per heavy atom. The van der Waals surface area contributed by atoms with Crippen LogP contribution in [0.3, 0.4) is 0 Å². The molecule has 0 amide bonds. The topological polar surface area (TPSA) is 0 Å². The van der Waals surface area contributed by atoms with E-state index < -0.39 is 0 Å². The number of rotatable bonds is 2. The molecule has 97 valence electrons. The molecule has 0 nitrogen and oxygen atoms in total. The van der Waals surface area contributed by atoms with Gasteiger partial charge in [0.25, 0.3) is 0 Å². The molecule has 0 fully saturated rings. The van der Waals surface area contributed by atoms with Crippen molar-refractivity contribution < 1.29 is 26.2 Å². The van der Waals surface area contributed by atoms with Crippen LogP contribution in [-0.2, 0) is 39.0 Å². The van der Waals surface area contributed by atoms with Gasteiger partial charge in [-0.15, -0.1) is 0 Å². The van der Waals surface area contributed by atoms with Gasteiger partial charge in [0.05, 0.1) is 0 Å². The second-order valence-corrected chi connectivity index (χ2v) is 5.03. The SMILES string of the molecule is CC[c-]1cccc1.CC[c-]1cccc1.C[SiH]C.[Zr+2]. The molecule has 0 aliphatic heterocycles. The van der Waals surface area contributed by atoms with E-state index >= 15 is 0 Å². The van der Waals surface area contributed by atoms with Crippen LogP contribution in [0, 0.1) is 0 Å². The molecule has 2 rings (SSSR count). The van der Waals surface area contributed by atoms with Gasteiger partial charge in [-0.2, -0.15) is 35.4 Å². The van der Waals surface area contributed by atoms with Crippen LogP contribution in [0.1, 0.15) is 25.0 Å². The molecule has 0 aromatic heterocycles. The Bertz CT molecular complexity index is 288. The van der Waals surface area contributed by atoms with Gasteiger partial charge in [0.1, 0.15) is 0 Å². The normalized spacial score (nSPS) is 8.22. The van der Waals surface area contributed by atoms with E-state index in [0.29, 0.717) is 0 Å². The molecular weight excluding hydrogens is 311 g/mol. The first-order chi connectivity index (χ1) is 8.28. The van der Waals surface area contributed by atoms with E-state index in [0.717, 1.165) is 22.4 Å². The standard InChI is InChI=1S/2C7H9.C2H7Si.Zr/c2*1-2-7-5-3-4-6-7;1-3-2;/h2*3-6H,2H2,1H3;3H,1-2H3;/q2*-1;;+2. The predicted molar refractivity (Wildman–Crippen MR) is 81.7 cm³/mol. The maximum Gasteiger partial charge on any atom is 2.00 e. The molecule has 0 atom stereocenters. The molecule has 0 unspecified atom stereocenters. The average Bonchev–Trinajstić information content (AvgIpc) is 3.04. The van der Waals surface area contributed by atoms with Crippen molar-refractivity contribution in [2.24, 2.45) is 0 Å². The summed E-state index contributed by atoms with van der Waals surface area (Å²) in [7, 11) is 0.750. The van der Waals surface area contributed by atoms with E-state index in [1.807, 2.05) is 0 Å². The summed E-state index contributed by atoms with van der Waals surface area (Å²) >= 11 is 0. The molecule has 2 aromatic carbocycles. The van der Waals surface area contributed by atoms with E-state index in [-0.39, 0.29) is 26.2 Å². The molecule has 0 heterocycles. The van der Waals surface area contributed by atoms with Crippen LogP contribution in [0.4, 0.5) is 0 Å². The van der Waals surface area contributed by atoms with Crippen molar-refractivity contribution in [1.82, 2.24) is 0 Å². The zero-order valence-corrected chi connectivity index (χ0v) is 15.7. The Morgan fingerprint density at radius 3 is 1.06 bits per heavy atom. The molecule has 1 radical (unpaired) electrons. The maximum atomic E-state index is 2.21. The van der Waals surface area contributed by atoms with Gasteiger partial charge < -0.3 is 0 Å². The Hall–Kier alpha value is -0.200. The molecule has 0 spiro atoms. The van der Waals surface area contributed by atoms with Gasteiger partial charge in [-0.1, -0.05) is 39.8 Å². The van der Waals surface area contributed by atoms with Gasteiger partial charge in [-0.25, -0.2) is 24.3 Å². The first-order valence-electron chi connectivity index (χ1n) is 6.43. The van der Waals surface area contributed by atoms with E-state index in [4.69, 9.17) is 0 Å². The average molecular weight is 337 g/mol. The molecule has 0 bridgehead atoms. The molecule has 18 heavy (non-hydrogen) atoms. The van der Waals surface area contributed by atoms with Crippen LogP contribution < -0.4 is 0 Å². The van der Waals surface area contributed by atoms with Gasteiger partial charge in [-0.3, -0.25) is 0 Å². The van der Waals surface area contributed by atoms with E-state index in [2.05, 4.69) is 75.5 Å². The van der Waals surface area contributed by atoms with Crippen LogP contribution >= 0.6 is 0 Å². The molecule has 2 heteroatoms. The van der Waals surface area contributed by atoms with Gasteiger partial charge in [0, 0.05) is 9.52 Å². The second kappa shape index (κ2) is 14.9. The van der Waals surface area contributed by atoms with Crippen LogP contribution in [0.2, 0.25) is 13.1 Å². The van der Waals surface area contributed by atoms with Crippen molar-refractivity contribution >= 4 is 9.52 Å². The molecule has 0 saturated carbocycles.